The average molecular weight is 376 g/mol. The van der Waals surface area contributed by atoms with Crippen molar-refractivity contribution in [2.24, 2.45) is 0 Å². The average Bonchev–Trinajstić information content (AvgIpc) is 2.58. The van der Waals surface area contributed by atoms with Gasteiger partial charge in [-0.1, -0.05) is 35.9 Å². The Morgan fingerprint density at radius 2 is 1.77 bits per heavy atom. The summed E-state index contributed by atoms with van der Waals surface area (Å²) in [6, 6.07) is 11.0. The maximum absolute atomic E-state index is 12.3. The van der Waals surface area contributed by atoms with Crippen LogP contribution in [0.5, 0.6) is 5.75 Å². The van der Waals surface area contributed by atoms with Crippen LogP contribution in [0.15, 0.2) is 36.4 Å². The summed E-state index contributed by atoms with van der Waals surface area (Å²) in [6.07, 6.45) is -0.946. The highest BCUT2D eigenvalue weighted by Gasteiger charge is 2.19. The summed E-state index contributed by atoms with van der Waals surface area (Å²) in [4.78, 5) is 24.2. The molecule has 1 N–H and O–H groups in total. The van der Waals surface area contributed by atoms with Crippen molar-refractivity contribution in [2.75, 3.05) is 11.9 Å². The largest absolute Gasteiger partial charge is 0.480 e. The minimum Gasteiger partial charge on any atom is -0.480 e. The highest BCUT2D eigenvalue weighted by Crippen LogP contribution is 2.25. The van der Waals surface area contributed by atoms with Crippen LogP contribution < -0.4 is 10.1 Å². The number of hydrogen-bond acceptors (Lipinski definition) is 4. The second-order valence-electron chi connectivity index (χ2n) is 6.11. The Hall–Kier alpha value is -2.53. The Bertz CT molecular complexity index is 799. The number of benzene rings is 2. The lowest BCUT2D eigenvalue weighted by molar-refractivity contribution is -0.155. The Morgan fingerprint density at radius 1 is 1.12 bits per heavy atom. The highest BCUT2D eigenvalue weighted by molar-refractivity contribution is 6.32. The van der Waals surface area contributed by atoms with E-state index in [-0.39, 0.29) is 6.61 Å². The van der Waals surface area contributed by atoms with E-state index >= 15 is 0 Å². The number of para-hydroxylation sites is 1. The SMILES string of the molecule is Cc1ccc(Cl)c(OCC(=O)O[C@@H](C)C(=O)Nc2c(C)cccc2C)c1. The molecule has 0 aliphatic rings. The minimum atomic E-state index is -0.946. The van der Waals surface area contributed by atoms with Gasteiger partial charge in [-0.15, -0.1) is 0 Å². The van der Waals surface area contributed by atoms with E-state index in [2.05, 4.69) is 5.32 Å². The summed E-state index contributed by atoms with van der Waals surface area (Å²) in [5, 5.41) is 3.20. The monoisotopic (exact) mass is 375 g/mol. The summed E-state index contributed by atoms with van der Waals surface area (Å²) in [7, 11) is 0. The van der Waals surface area contributed by atoms with Crippen molar-refractivity contribution in [3.8, 4) is 5.75 Å². The van der Waals surface area contributed by atoms with E-state index in [4.69, 9.17) is 21.1 Å². The first-order valence-electron chi connectivity index (χ1n) is 8.23. The van der Waals surface area contributed by atoms with E-state index in [1.165, 1.54) is 6.92 Å². The number of aryl methyl sites for hydroxylation is 3. The number of carbonyl (C=O) groups excluding carboxylic acids is 2. The van der Waals surface area contributed by atoms with Gasteiger partial charge in [0.15, 0.2) is 12.7 Å². The summed E-state index contributed by atoms with van der Waals surface area (Å²) in [6.45, 7) is 6.88. The molecule has 1 amide bonds. The van der Waals surface area contributed by atoms with Crippen LogP contribution in [0.4, 0.5) is 5.69 Å². The van der Waals surface area contributed by atoms with E-state index in [0.29, 0.717) is 10.8 Å². The fourth-order valence-corrected chi connectivity index (χ4v) is 2.55. The number of rotatable bonds is 6. The first kappa shape index (κ1) is 19.8. The van der Waals surface area contributed by atoms with Gasteiger partial charge >= 0.3 is 5.97 Å². The lowest BCUT2D eigenvalue weighted by Crippen LogP contribution is -2.32. The third-order valence-corrected chi connectivity index (χ3v) is 4.15. The lowest BCUT2D eigenvalue weighted by atomic mass is 10.1. The van der Waals surface area contributed by atoms with Crippen LogP contribution in [-0.4, -0.2) is 24.6 Å². The van der Waals surface area contributed by atoms with Gasteiger partial charge in [0.05, 0.1) is 5.02 Å². The van der Waals surface area contributed by atoms with Gasteiger partial charge < -0.3 is 14.8 Å². The van der Waals surface area contributed by atoms with Crippen molar-refractivity contribution in [3.63, 3.8) is 0 Å². The summed E-state index contributed by atoms with van der Waals surface area (Å²) in [5.41, 5.74) is 3.56. The molecule has 2 rings (SSSR count). The van der Waals surface area contributed by atoms with Gasteiger partial charge in [-0.25, -0.2) is 4.79 Å². The van der Waals surface area contributed by atoms with Crippen LogP contribution in [-0.2, 0) is 14.3 Å². The fourth-order valence-electron chi connectivity index (χ4n) is 2.38. The molecular weight excluding hydrogens is 354 g/mol. The van der Waals surface area contributed by atoms with Gasteiger partial charge in [-0.3, -0.25) is 4.79 Å². The summed E-state index contributed by atoms with van der Waals surface area (Å²) >= 11 is 6.01. The maximum atomic E-state index is 12.3. The lowest BCUT2D eigenvalue weighted by Gasteiger charge is -2.16. The van der Waals surface area contributed by atoms with Crippen LogP contribution in [0.1, 0.15) is 23.6 Å². The van der Waals surface area contributed by atoms with Gasteiger partial charge in [-0.2, -0.15) is 0 Å². The van der Waals surface area contributed by atoms with Crippen LogP contribution in [0.2, 0.25) is 5.02 Å². The number of nitrogens with one attached hydrogen (secondary N) is 1. The predicted molar refractivity (Wildman–Crippen MR) is 102 cm³/mol. The van der Waals surface area contributed by atoms with Gasteiger partial charge in [0.1, 0.15) is 5.75 Å². The number of esters is 1. The van der Waals surface area contributed by atoms with Gasteiger partial charge in [0, 0.05) is 5.69 Å². The zero-order chi connectivity index (χ0) is 19.3. The molecule has 6 heteroatoms. The molecule has 0 aliphatic carbocycles. The zero-order valence-corrected chi connectivity index (χ0v) is 16.0. The second kappa shape index (κ2) is 8.72. The van der Waals surface area contributed by atoms with E-state index in [0.717, 1.165) is 22.4 Å². The molecule has 2 aromatic carbocycles. The molecule has 0 saturated heterocycles. The third kappa shape index (κ3) is 5.23. The zero-order valence-electron chi connectivity index (χ0n) is 15.3. The van der Waals surface area contributed by atoms with Gasteiger partial charge in [0.2, 0.25) is 0 Å². The van der Waals surface area contributed by atoms with E-state index in [1.807, 2.05) is 45.0 Å². The normalized spacial score (nSPS) is 11.6. The van der Waals surface area contributed by atoms with Crippen LogP contribution in [0.3, 0.4) is 0 Å². The topological polar surface area (TPSA) is 64.6 Å². The standard InChI is InChI=1S/C20H22ClNO4/c1-12-8-9-16(21)17(10-12)25-11-18(23)26-15(4)20(24)22-19-13(2)6-5-7-14(19)3/h5-10,15H,11H2,1-4H3,(H,22,24)/t15-/m0/s1. The predicted octanol–water partition coefficient (Wildman–Crippen LogP) is 4.21. The van der Waals surface area contributed by atoms with E-state index < -0.39 is 18.0 Å². The molecule has 0 saturated carbocycles. The molecule has 1 atom stereocenters. The first-order valence-corrected chi connectivity index (χ1v) is 8.61. The fraction of sp³-hybridized carbons (Fsp3) is 0.300. The van der Waals surface area contributed by atoms with Crippen molar-refractivity contribution in [3.05, 3.63) is 58.1 Å². The number of halogens is 1. The Balaban J connectivity index is 1.90. The molecule has 0 radical (unpaired) electrons. The first-order chi connectivity index (χ1) is 12.3. The van der Waals surface area contributed by atoms with Crippen LogP contribution >= 0.6 is 11.6 Å². The number of carbonyl (C=O) groups is 2. The van der Waals surface area contributed by atoms with Crippen molar-refractivity contribution in [1.29, 1.82) is 0 Å². The number of hydrogen-bond donors (Lipinski definition) is 1. The van der Waals surface area contributed by atoms with Crippen molar-refractivity contribution in [1.82, 2.24) is 0 Å². The molecule has 0 aromatic heterocycles. The highest BCUT2D eigenvalue weighted by atomic mass is 35.5. The van der Waals surface area contributed by atoms with Crippen LogP contribution in [0, 0.1) is 20.8 Å². The molecule has 0 bridgehead atoms. The summed E-state index contributed by atoms with van der Waals surface area (Å²) < 4.78 is 10.5. The Labute approximate surface area is 158 Å². The maximum Gasteiger partial charge on any atom is 0.344 e. The Morgan fingerprint density at radius 3 is 2.42 bits per heavy atom. The molecule has 5 nitrogen and oxygen atoms in total. The molecule has 0 fully saturated rings. The minimum absolute atomic E-state index is 0.329. The molecule has 0 aliphatic heterocycles. The molecule has 0 heterocycles. The molecule has 0 unspecified atom stereocenters. The van der Waals surface area contributed by atoms with Gasteiger partial charge in [-0.05, 0) is 56.5 Å². The van der Waals surface area contributed by atoms with Crippen molar-refractivity contribution in [2.45, 2.75) is 33.8 Å². The van der Waals surface area contributed by atoms with Crippen molar-refractivity contribution < 1.29 is 19.1 Å². The molecule has 0 spiro atoms. The molecule has 2 aromatic rings. The number of amides is 1. The number of ether oxygens (including phenoxy) is 2. The number of anilines is 1. The quantitative estimate of drug-likeness (QED) is 0.768. The summed E-state index contributed by atoms with van der Waals surface area (Å²) in [5.74, 6) is -0.646. The Kier molecular flexibility index (Phi) is 6.64. The van der Waals surface area contributed by atoms with Crippen LogP contribution in [0.25, 0.3) is 0 Å². The van der Waals surface area contributed by atoms with Crippen molar-refractivity contribution >= 4 is 29.2 Å². The van der Waals surface area contributed by atoms with Gasteiger partial charge in [0.25, 0.3) is 5.91 Å². The third-order valence-electron chi connectivity index (χ3n) is 3.84. The molecule has 26 heavy (non-hydrogen) atoms. The second-order valence-corrected chi connectivity index (χ2v) is 6.52. The molecular formula is C20H22ClNO4. The van der Waals surface area contributed by atoms with E-state index in [9.17, 15) is 9.59 Å². The molecule has 138 valence electrons. The van der Waals surface area contributed by atoms with E-state index in [1.54, 1.807) is 12.1 Å². The smallest absolute Gasteiger partial charge is 0.344 e.